The van der Waals surface area contributed by atoms with Gasteiger partial charge in [-0.3, -0.25) is 4.89 Å². The molecule has 0 radical (unpaired) electrons. The van der Waals surface area contributed by atoms with E-state index >= 15 is 8.78 Å². The summed E-state index contributed by atoms with van der Waals surface area (Å²) in [6, 6.07) is 0. The third-order valence-electron chi connectivity index (χ3n) is 5.68. The molecular weight excluding hydrogens is 655 g/mol. The second kappa shape index (κ2) is 11.6. The Hall–Kier alpha value is -2.81. The first-order chi connectivity index (χ1) is 18.6. The van der Waals surface area contributed by atoms with E-state index in [9.17, 15) is 75.4 Å². The molecule has 2 unspecified atom stereocenters. The lowest BCUT2D eigenvalue weighted by atomic mass is 9.78. The van der Waals surface area contributed by atoms with Crippen molar-refractivity contribution < 1.29 is 98.7 Å². The third kappa shape index (κ3) is 5.86. The highest BCUT2D eigenvalue weighted by Crippen LogP contribution is 2.65. The molecule has 0 aliphatic rings. The number of halogens is 17. The van der Waals surface area contributed by atoms with Crippen molar-refractivity contribution in [2.24, 2.45) is 0 Å². The standard InChI is InChI=1S/C21H19F17O5/c1-7-13(41-11(39)8(2)3,10(6)42-43-12(40)9(4)5)14(22,23)15(24,25)16(26,27)17(28,29)18(30,31)19(32,33)20(34,35)21(36,37)38/h10H,2,4,7H2,1,3,5-6H3. The maximum atomic E-state index is 15.3. The van der Waals surface area contributed by atoms with Crippen LogP contribution in [-0.4, -0.2) is 71.3 Å². The van der Waals surface area contributed by atoms with Crippen LogP contribution < -0.4 is 0 Å². The minimum atomic E-state index is -8.86. The fraction of sp³-hybridized carbons (Fsp3) is 0.714. The predicted octanol–water partition coefficient (Wildman–Crippen LogP) is 7.70. The molecule has 0 aromatic carbocycles. The van der Waals surface area contributed by atoms with Crippen molar-refractivity contribution in [2.45, 2.75) is 93.5 Å². The Morgan fingerprint density at radius 1 is 0.581 bits per heavy atom. The molecule has 0 N–H and O–H groups in total. The summed E-state index contributed by atoms with van der Waals surface area (Å²) in [7, 11) is 0. The molecule has 0 bridgehead atoms. The molecule has 252 valence electrons. The molecule has 5 nitrogen and oxygen atoms in total. The van der Waals surface area contributed by atoms with Crippen LogP contribution in [0.3, 0.4) is 0 Å². The SMILES string of the molecule is C=C(C)C(=O)OOC(C)C(CC)(OC(=O)C(=C)C)C(F)(F)C(F)(F)C(F)(F)C(F)(F)C(F)(F)C(F)(F)C(F)(F)C(F)(F)F. The lowest BCUT2D eigenvalue weighted by Crippen LogP contribution is -2.77. The molecule has 0 heterocycles. The van der Waals surface area contributed by atoms with Gasteiger partial charge in [-0.1, -0.05) is 20.1 Å². The van der Waals surface area contributed by atoms with E-state index in [-0.39, 0.29) is 13.8 Å². The van der Waals surface area contributed by atoms with Gasteiger partial charge in [-0.15, -0.1) is 0 Å². The second-order valence-electron chi connectivity index (χ2n) is 8.82. The van der Waals surface area contributed by atoms with E-state index < -0.39 is 88.8 Å². The summed E-state index contributed by atoms with van der Waals surface area (Å²) >= 11 is 0. The van der Waals surface area contributed by atoms with Crippen LogP contribution in [0.5, 0.6) is 0 Å². The molecule has 22 heteroatoms. The highest BCUT2D eigenvalue weighted by atomic mass is 19.4. The van der Waals surface area contributed by atoms with Crippen LogP contribution >= 0.6 is 0 Å². The Kier molecular flexibility index (Phi) is 10.8. The minimum Gasteiger partial charge on any atom is -0.446 e. The van der Waals surface area contributed by atoms with Crippen molar-refractivity contribution in [1.82, 2.24) is 0 Å². The van der Waals surface area contributed by atoms with Crippen LogP contribution in [0, 0.1) is 0 Å². The Balaban J connectivity index is 7.47. The average molecular weight is 674 g/mol. The zero-order valence-corrected chi connectivity index (χ0v) is 21.7. The number of alkyl halides is 17. The van der Waals surface area contributed by atoms with Crippen LogP contribution in [0.1, 0.15) is 34.1 Å². The summed E-state index contributed by atoms with van der Waals surface area (Å²) in [5.41, 5.74) is -6.49. The van der Waals surface area contributed by atoms with Crippen molar-refractivity contribution in [3.8, 4) is 0 Å². The van der Waals surface area contributed by atoms with Gasteiger partial charge in [0.2, 0.25) is 5.60 Å². The zero-order chi connectivity index (χ0) is 35.2. The van der Waals surface area contributed by atoms with Gasteiger partial charge in [0.05, 0.1) is 0 Å². The molecule has 0 rings (SSSR count). The molecule has 0 aliphatic heterocycles. The Morgan fingerprint density at radius 3 is 1.16 bits per heavy atom. The first kappa shape index (κ1) is 40.2. The van der Waals surface area contributed by atoms with E-state index in [0.29, 0.717) is 6.92 Å². The highest BCUT2D eigenvalue weighted by molar-refractivity contribution is 5.87. The summed E-state index contributed by atoms with van der Waals surface area (Å²) in [5, 5.41) is 0. The summed E-state index contributed by atoms with van der Waals surface area (Å²) in [4.78, 5) is 31.3. The lowest BCUT2D eigenvalue weighted by molar-refractivity contribution is -0.470. The van der Waals surface area contributed by atoms with Crippen LogP contribution in [-0.2, 0) is 24.1 Å². The van der Waals surface area contributed by atoms with Gasteiger partial charge in [-0.05, 0) is 27.2 Å². The van der Waals surface area contributed by atoms with Crippen LogP contribution in [0.4, 0.5) is 74.6 Å². The van der Waals surface area contributed by atoms with E-state index in [0.717, 1.165) is 6.92 Å². The molecule has 0 spiro atoms. The van der Waals surface area contributed by atoms with Crippen molar-refractivity contribution in [2.75, 3.05) is 0 Å². The first-order valence-electron chi connectivity index (χ1n) is 10.8. The van der Waals surface area contributed by atoms with E-state index in [4.69, 9.17) is 0 Å². The average Bonchev–Trinajstić information content (AvgIpc) is 2.83. The van der Waals surface area contributed by atoms with E-state index in [1.807, 2.05) is 0 Å². The van der Waals surface area contributed by atoms with E-state index in [1.54, 1.807) is 0 Å². The molecule has 0 amide bonds. The van der Waals surface area contributed by atoms with Crippen LogP contribution in [0.25, 0.3) is 0 Å². The zero-order valence-electron chi connectivity index (χ0n) is 21.7. The van der Waals surface area contributed by atoms with Crippen molar-refractivity contribution >= 4 is 11.9 Å². The number of ether oxygens (including phenoxy) is 1. The molecule has 0 saturated heterocycles. The summed E-state index contributed by atoms with van der Waals surface area (Å²) in [6.07, 6.45) is -13.1. The number of hydrogen-bond donors (Lipinski definition) is 0. The van der Waals surface area contributed by atoms with Gasteiger partial charge >= 0.3 is 59.6 Å². The number of esters is 1. The molecule has 0 fully saturated rings. The molecule has 0 aliphatic carbocycles. The highest BCUT2D eigenvalue weighted by Gasteiger charge is 2.96. The monoisotopic (exact) mass is 674 g/mol. The Morgan fingerprint density at radius 2 is 0.884 bits per heavy atom. The second-order valence-corrected chi connectivity index (χ2v) is 8.82. The normalized spacial score (nSPS) is 16.7. The van der Waals surface area contributed by atoms with Gasteiger partial charge in [-0.2, -0.15) is 79.5 Å². The summed E-state index contributed by atoms with van der Waals surface area (Å²) < 4.78 is 239. The minimum absolute atomic E-state index is 0.0633. The molecule has 43 heavy (non-hydrogen) atoms. The van der Waals surface area contributed by atoms with Crippen LogP contribution in [0.2, 0.25) is 0 Å². The van der Waals surface area contributed by atoms with Gasteiger partial charge in [0.25, 0.3) is 0 Å². The number of hydrogen-bond acceptors (Lipinski definition) is 5. The van der Waals surface area contributed by atoms with Crippen molar-refractivity contribution in [3.05, 3.63) is 24.3 Å². The fourth-order valence-electron chi connectivity index (χ4n) is 2.93. The fourth-order valence-corrected chi connectivity index (χ4v) is 2.93. The molecule has 0 aromatic rings. The number of carbonyl (C=O) groups is 2. The predicted molar refractivity (Wildman–Crippen MR) is 106 cm³/mol. The molecular formula is C21H19F17O5. The van der Waals surface area contributed by atoms with Gasteiger partial charge in [0.1, 0.15) is 6.10 Å². The molecule has 0 saturated carbocycles. The maximum absolute atomic E-state index is 15.3. The quantitative estimate of drug-likeness (QED) is 0.0622. The third-order valence-corrected chi connectivity index (χ3v) is 5.68. The van der Waals surface area contributed by atoms with E-state index in [1.165, 1.54) is 0 Å². The number of rotatable bonds is 14. The van der Waals surface area contributed by atoms with Gasteiger partial charge < -0.3 is 4.74 Å². The maximum Gasteiger partial charge on any atom is 0.460 e. The van der Waals surface area contributed by atoms with Gasteiger partial charge in [-0.25, -0.2) is 9.59 Å². The van der Waals surface area contributed by atoms with Crippen molar-refractivity contribution in [3.63, 3.8) is 0 Å². The van der Waals surface area contributed by atoms with Gasteiger partial charge in [0, 0.05) is 11.1 Å². The van der Waals surface area contributed by atoms with Crippen molar-refractivity contribution in [1.29, 1.82) is 0 Å². The van der Waals surface area contributed by atoms with Crippen LogP contribution in [0.15, 0.2) is 24.3 Å². The largest absolute Gasteiger partial charge is 0.460 e. The van der Waals surface area contributed by atoms with E-state index in [2.05, 4.69) is 27.7 Å². The topological polar surface area (TPSA) is 61.8 Å². The summed E-state index contributed by atoms with van der Waals surface area (Å²) in [6.45, 7) is 7.52. The Bertz CT molecular complexity index is 1100. The lowest BCUT2D eigenvalue weighted by Gasteiger charge is -2.48. The Labute approximate surface area is 229 Å². The molecule has 2 atom stereocenters. The summed E-state index contributed by atoms with van der Waals surface area (Å²) in [5.74, 6) is -62.8. The van der Waals surface area contributed by atoms with Gasteiger partial charge in [0.15, 0.2) is 0 Å². The number of carbonyl (C=O) groups excluding carboxylic acids is 2. The first-order valence-corrected chi connectivity index (χ1v) is 10.8. The molecule has 0 aromatic heterocycles. The smallest absolute Gasteiger partial charge is 0.446 e.